The predicted octanol–water partition coefficient (Wildman–Crippen LogP) is 7.44. The first-order valence-corrected chi connectivity index (χ1v) is 13.8. The number of pyridine rings is 1. The standard InChI is InChI=1S/C26H20BrF6N5O2S/c1-10-3-5-12(6-4-10)14-9-15(25(28,29)30)35-24-16(14)18(20(41-24)22(34)39)36-23(40)11(2)38-19(13-7-8-13)17(27)21(37-38)26(31,32)33/h3-6,9,11,13H,7-8H2,1-2H3,(H2,34,39)(H,36,40). The quantitative estimate of drug-likeness (QED) is 0.210. The van der Waals surface area contributed by atoms with Gasteiger partial charge >= 0.3 is 12.4 Å². The van der Waals surface area contributed by atoms with Gasteiger partial charge in [0.05, 0.1) is 15.9 Å². The van der Waals surface area contributed by atoms with Crippen LogP contribution >= 0.6 is 27.3 Å². The number of benzene rings is 1. The van der Waals surface area contributed by atoms with Gasteiger partial charge in [-0.2, -0.15) is 31.4 Å². The Bertz CT molecular complexity index is 1690. The molecule has 216 valence electrons. The first-order chi connectivity index (χ1) is 19.1. The van der Waals surface area contributed by atoms with Crippen LogP contribution in [0.5, 0.6) is 0 Å². The van der Waals surface area contributed by atoms with Gasteiger partial charge in [-0.25, -0.2) is 4.98 Å². The monoisotopic (exact) mass is 659 g/mol. The normalized spacial score (nSPS) is 14.9. The Hall–Kier alpha value is -3.46. The Morgan fingerprint density at radius 2 is 1.76 bits per heavy atom. The summed E-state index contributed by atoms with van der Waals surface area (Å²) in [5.74, 6) is -2.11. The fourth-order valence-corrected chi connectivity index (χ4v) is 6.28. The number of nitrogens with zero attached hydrogens (tertiary/aromatic N) is 3. The van der Waals surface area contributed by atoms with E-state index < -0.39 is 41.6 Å². The lowest BCUT2D eigenvalue weighted by molar-refractivity contribution is -0.142. The van der Waals surface area contributed by atoms with E-state index in [0.29, 0.717) is 29.7 Å². The molecule has 0 radical (unpaired) electrons. The maximum atomic E-state index is 13.8. The summed E-state index contributed by atoms with van der Waals surface area (Å²) >= 11 is 3.56. The van der Waals surface area contributed by atoms with Crippen LogP contribution in [0.2, 0.25) is 0 Å². The lowest BCUT2D eigenvalue weighted by Crippen LogP contribution is -2.27. The van der Waals surface area contributed by atoms with Crippen molar-refractivity contribution in [3.05, 3.63) is 62.3 Å². The molecule has 3 N–H and O–H groups in total. The molecular formula is C26H20BrF6N5O2S. The smallest absolute Gasteiger partial charge is 0.365 e. The molecule has 4 aromatic rings. The molecule has 0 bridgehead atoms. The Morgan fingerprint density at radius 1 is 1.12 bits per heavy atom. The fourth-order valence-electron chi connectivity index (χ4n) is 4.46. The van der Waals surface area contributed by atoms with E-state index in [9.17, 15) is 35.9 Å². The Morgan fingerprint density at radius 3 is 2.29 bits per heavy atom. The number of carbonyl (C=O) groups is 2. The number of amides is 2. The van der Waals surface area contributed by atoms with Crippen LogP contribution in [0.15, 0.2) is 34.8 Å². The molecule has 41 heavy (non-hydrogen) atoms. The van der Waals surface area contributed by atoms with Crippen LogP contribution in [0.1, 0.15) is 64.0 Å². The van der Waals surface area contributed by atoms with Gasteiger partial charge < -0.3 is 11.1 Å². The van der Waals surface area contributed by atoms with E-state index in [1.807, 2.05) is 0 Å². The van der Waals surface area contributed by atoms with E-state index in [-0.39, 0.29) is 42.4 Å². The largest absolute Gasteiger partial charge is 0.436 e. The summed E-state index contributed by atoms with van der Waals surface area (Å²) in [7, 11) is 0. The molecule has 1 aliphatic rings. The van der Waals surface area contributed by atoms with Crippen LogP contribution in [0.25, 0.3) is 21.3 Å². The van der Waals surface area contributed by atoms with Crippen molar-refractivity contribution in [2.45, 2.75) is 51.0 Å². The highest BCUT2D eigenvalue weighted by molar-refractivity contribution is 9.10. The van der Waals surface area contributed by atoms with E-state index >= 15 is 0 Å². The number of hydrogen-bond acceptors (Lipinski definition) is 5. The number of carbonyl (C=O) groups excluding carboxylic acids is 2. The lowest BCUT2D eigenvalue weighted by Gasteiger charge is -2.17. The van der Waals surface area contributed by atoms with Crippen molar-refractivity contribution in [3.8, 4) is 11.1 Å². The Labute approximate surface area is 240 Å². The minimum absolute atomic E-state index is 0.0360. The number of anilines is 1. The second-order valence-electron chi connectivity index (χ2n) is 9.70. The van der Waals surface area contributed by atoms with Crippen molar-refractivity contribution in [2.75, 3.05) is 5.32 Å². The molecular weight excluding hydrogens is 640 g/mol. The predicted molar refractivity (Wildman–Crippen MR) is 144 cm³/mol. The zero-order valence-corrected chi connectivity index (χ0v) is 23.6. The number of halogens is 7. The first-order valence-electron chi connectivity index (χ1n) is 12.2. The third-order valence-corrected chi connectivity index (χ3v) is 8.53. The molecule has 1 unspecified atom stereocenters. The molecule has 1 saturated carbocycles. The number of hydrogen-bond donors (Lipinski definition) is 2. The Balaban J connectivity index is 1.65. The fraction of sp³-hybridized carbons (Fsp3) is 0.308. The molecule has 0 aliphatic heterocycles. The maximum absolute atomic E-state index is 13.8. The molecule has 0 saturated heterocycles. The highest BCUT2D eigenvalue weighted by atomic mass is 79.9. The maximum Gasteiger partial charge on any atom is 0.436 e. The minimum Gasteiger partial charge on any atom is -0.365 e. The third-order valence-electron chi connectivity index (χ3n) is 6.65. The lowest BCUT2D eigenvalue weighted by atomic mass is 10.00. The van der Waals surface area contributed by atoms with Gasteiger partial charge in [0.2, 0.25) is 5.91 Å². The number of nitrogens with two attached hydrogens (primary N) is 1. The average molecular weight is 660 g/mol. The Kier molecular flexibility index (Phi) is 7.17. The molecule has 15 heteroatoms. The number of alkyl halides is 6. The summed E-state index contributed by atoms with van der Waals surface area (Å²) < 4.78 is 82.9. The average Bonchev–Trinajstić information content (AvgIpc) is 3.55. The number of fused-ring (bicyclic) bond motifs is 1. The van der Waals surface area contributed by atoms with Crippen LogP contribution in [-0.4, -0.2) is 26.6 Å². The van der Waals surface area contributed by atoms with Gasteiger partial charge in [0.15, 0.2) is 5.69 Å². The van der Waals surface area contributed by atoms with Crippen molar-refractivity contribution in [1.29, 1.82) is 0 Å². The van der Waals surface area contributed by atoms with Gasteiger partial charge in [-0.15, -0.1) is 11.3 Å². The number of aryl methyl sites for hydroxylation is 1. The number of primary amides is 1. The molecule has 2 amide bonds. The molecule has 5 rings (SSSR count). The molecule has 1 atom stereocenters. The van der Waals surface area contributed by atoms with Crippen molar-refractivity contribution in [1.82, 2.24) is 14.8 Å². The summed E-state index contributed by atoms with van der Waals surface area (Å²) in [4.78, 5) is 29.1. The highest BCUT2D eigenvalue weighted by Gasteiger charge is 2.43. The van der Waals surface area contributed by atoms with Crippen LogP contribution < -0.4 is 11.1 Å². The van der Waals surface area contributed by atoms with E-state index in [2.05, 4.69) is 31.3 Å². The summed E-state index contributed by atoms with van der Waals surface area (Å²) in [6.07, 6.45) is -8.36. The van der Waals surface area contributed by atoms with Gasteiger partial charge in [-0.05, 0) is 59.8 Å². The van der Waals surface area contributed by atoms with Gasteiger partial charge in [-0.1, -0.05) is 29.8 Å². The minimum atomic E-state index is -4.81. The molecule has 1 aromatic carbocycles. The number of rotatable bonds is 6. The first kappa shape index (κ1) is 29.0. The molecule has 1 fully saturated rings. The van der Waals surface area contributed by atoms with Crippen LogP contribution in [0, 0.1) is 6.92 Å². The third kappa shape index (κ3) is 5.44. The number of thiophene rings is 1. The van der Waals surface area contributed by atoms with Crippen LogP contribution in [0.3, 0.4) is 0 Å². The summed E-state index contributed by atoms with van der Waals surface area (Å²) in [6, 6.07) is 6.06. The van der Waals surface area contributed by atoms with Crippen LogP contribution in [-0.2, 0) is 17.1 Å². The number of nitrogens with one attached hydrogen (secondary N) is 1. The van der Waals surface area contributed by atoms with Crippen LogP contribution in [0.4, 0.5) is 32.0 Å². The molecule has 0 spiro atoms. The van der Waals surface area contributed by atoms with Gasteiger partial charge in [0.1, 0.15) is 21.4 Å². The van der Waals surface area contributed by atoms with E-state index in [1.165, 1.54) is 6.92 Å². The van der Waals surface area contributed by atoms with E-state index in [1.54, 1.807) is 31.2 Å². The summed E-state index contributed by atoms with van der Waals surface area (Å²) in [5.41, 5.74) is 4.42. The molecule has 1 aliphatic carbocycles. The highest BCUT2D eigenvalue weighted by Crippen LogP contribution is 2.48. The van der Waals surface area contributed by atoms with Crippen molar-refractivity contribution < 1.29 is 35.9 Å². The summed E-state index contributed by atoms with van der Waals surface area (Å²) in [5, 5.41) is 6.26. The zero-order valence-electron chi connectivity index (χ0n) is 21.2. The van der Waals surface area contributed by atoms with Gasteiger partial charge in [0.25, 0.3) is 5.91 Å². The summed E-state index contributed by atoms with van der Waals surface area (Å²) in [6.45, 7) is 3.13. The molecule has 3 aromatic heterocycles. The molecule has 3 heterocycles. The topological polar surface area (TPSA) is 103 Å². The SMILES string of the molecule is Cc1ccc(-c2cc(C(F)(F)F)nc3sc(C(N)=O)c(NC(=O)C(C)n4nc(C(F)(F)F)c(Br)c4C4CC4)c23)cc1. The van der Waals surface area contributed by atoms with E-state index in [0.717, 1.165) is 16.3 Å². The second-order valence-corrected chi connectivity index (χ2v) is 11.5. The second kappa shape index (κ2) is 10.1. The van der Waals surface area contributed by atoms with E-state index in [4.69, 9.17) is 5.73 Å². The molecule has 7 nitrogen and oxygen atoms in total. The van der Waals surface area contributed by atoms with Crippen molar-refractivity contribution in [3.63, 3.8) is 0 Å². The van der Waals surface area contributed by atoms with Gasteiger partial charge in [-0.3, -0.25) is 14.3 Å². The van der Waals surface area contributed by atoms with Crippen molar-refractivity contribution in [2.24, 2.45) is 5.73 Å². The zero-order chi connectivity index (χ0) is 30.0. The van der Waals surface area contributed by atoms with Gasteiger partial charge in [0, 0.05) is 11.3 Å². The number of aromatic nitrogens is 3. The van der Waals surface area contributed by atoms with Crippen molar-refractivity contribution >= 4 is 55.0 Å².